The maximum atomic E-state index is 10.5. The van der Waals surface area contributed by atoms with Crippen LogP contribution in [0.3, 0.4) is 0 Å². The van der Waals surface area contributed by atoms with Crippen molar-refractivity contribution in [3.05, 3.63) is 63.6 Å². The third kappa shape index (κ3) is 3.72. The fourth-order valence-electron chi connectivity index (χ4n) is 1.78. The zero-order valence-electron chi connectivity index (χ0n) is 10.5. The molecule has 0 saturated carbocycles. The molecule has 0 radical (unpaired) electrons. The Kier molecular flexibility index (Phi) is 4.50. The van der Waals surface area contributed by atoms with E-state index in [0.29, 0.717) is 11.6 Å². The van der Waals surface area contributed by atoms with E-state index in [1.807, 2.05) is 48.5 Å². The zero-order valence-corrected chi connectivity index (χ0v) is 12.9. The molecular formula is C15H15BrClNO. The molecule has 0 heterocycles. The van der Waals surface area contributed by atoms with Gasteiger partial charge in [0.2, 0.25) is 0 Å². The zero-order chi connectivity index (χ0) is 13.9. The van der Waals surface area contributed by atoms with Gasteiger partial charge in [-0.15, -0.1) is 0 Å². The second kappa shape index (κ2) is 5.95. The molecule has 0 aliphatic carbocycles. The predicted octanol–water partition coefficient (Wildman–Crippen LogP) is 4.42. The molecule has 19 heavy (non-hydrogen) atoms. The Hall–Kier alpha value is -1.03. The molecule has 0 amide bonds. The fraction of sp³-hybridized carbons (Fsp3) is 0.200. The van der Waals surface area contributed by atoms with Crippen LogP contribution in [0, 0.1) is 0 Å². The molecule has 2 nitrogen and oxygen atoms in total. The van der Waals surface area contributed by atoms with Crippen molar-refractivity contribution in [2.45, 2.75) is 12.5 Å². The summed E-state index contributed by atoms with van der Waals surface area (Å²) in [6, 6.07) is 15.2. The van der Waals surface area contributed by atoms with E-state index in [9.17, 15) is 5.11 Å². The van der Waals surface area contributed by atoms with Crippen LogP contribution in [0.25, 0.3) is 0 Å². The number of aliphatic hydroxyl groups is 1. The number of hydrogen-bond acceptors (Lipinski definition) is 2. The Bertz CT molecular complexity index is 557. The Morgan fingerprint density at radius 2 is 1.89 bits per heavy atom. The summed E-state index contributed by atoms with van der Waals surface area (Å²) in [5.41, 5.74) is 0.830. The van der Waals surface area contributed by atoms with Crippen LogP contribution >= 0.6 is 27.5 Å². The molecule has 0 bridgehead atoms. The molecule has 2 aromatic rings. The topological polar surface area (TPSA) is 32.3 Å². The van der Waals surface area contributed by atoms with E-state index < -0.39 is 5.60 Å². The van der Waals surface area contributed by atoms with E-state index in [-0.39, 0.29) is 0 Å². The number of benzene rings is 2. The molecule has 2 N–H and O–H groups in total. The van der Waals surface area contributed by atoms with Gasteiger partial charge in [0.25, 0.3) is 0 Å². The van der Waals surface area contributed by atoms with Gasteiger partial charge < -0.3 is 10.4 Å². The first-order valence-corrected chi connectivity index (χ1v) is 7.13. The maximum Gasteiger partial charge on any atom is 0.104 e. The Labute approximate surface area is 126 Å². The highest BCUT2D eigenvalue weighted by Gasteiger charge is 2.22. The minimum atomic E-state index is -0.930. The number of nitrogens with one attached hydrogen (secondary N) is 1. The first kappa shape index (κ1) is 14.4. The van der Waals surface area contributed by atoms with Crippen molar-refractivity contribution >= 4 is 33.2 Å². The van der Waals surface area contributed by atoms with Gasteiger partial charge in [0.05, 0.1) is 5.02 Å². The lowest BCUT2D eigenvalue weighted by Gasteiger charge is -2.25. The van der Waals surface area contributed by atoms with Crippen molar-refractivity contribution in [2.75, 3.05) is 11.9 Å². The molecule has 0 aliphatic rings. The quantitative estimate of drug-likeness (QED) is 0.863. The standard InChI is InChI=1S/C15H15BrClNO/c1-15(19,11-5-3-2-4-6-11)10-18-12-7-8-13(16)14(17)9-12/h2-9,18-19H,10H2,1H3. The Morgan fingerprint density at radius 3 is 2.53 bits per heavy atom. The van der Waals surface area contributed by atoms with Gasteiger partial charge in [-0.3, -0.25) is 0 Å². The van der Waals surface area contributed by atoms with E-state index in [0.717, 1.165) is 15.7 Å². The van der Waals surface area contributed by atoms with Crippen molar-refractivity contribution in [3.63, 3.8) is 0 Å². The van der Waals surface area contributed by atoms with Gasteiger partial charge in [-0.2, -0.15) is 0 Å². The molecule has 0 aliphatic heterocycles. The molecule has 1 unspecified atom stereocenters. The van der Waals surface area contributed by atoms with E-state index in [2.05, 4.69) is 21.2 Å². The van der Waals surface area contributed by atoms with Crippen LogP contribution in [0.2, 0.25) is 5.02 Å². The Morgan fingerprint density at radius 1 is 1.21 bits per heavy atom. The first-order valence-electron chi connectivity index (χ1n) is 5.96. The second-order valence-electron chi connectivity index (χ2n) is 4.62. The summed E-state index contributed by atoms with van der Waals surface area (Å²) in [6.07, 6.45) is 0. The molecule has 0 saturated heterocycles. The molecule has 4 heteroatoms. The third-order valence-electron chi connectivity index (χ3n) is 2.95. The van der Waals surface area contributed by atoms with Crippen LogP contribution in [0.4, 0.5) is 5.69 Å². The normalized spacial score (nSPS) is 13.9. The van der Waals surface area contributed by atoms with Crippen molar-refractivity contribution in [3.8, 4) is 0 Å². The summed E-state index contributed by atoms with van der Waals surface area (Å²) < 4.78 is 0.856. The van der Waals surface area contributed by atoms with Crippen molar-refractivity contribution in [1.29, 1.82) is 0 Å². The summed E-state index contributed by atoms with van der Waals surface area (Å²) in [5.74, 6) is 0. The van der Waals surface area contributed by atoms with Crippen molar-refractivity contribution < 1.29 is 5.11 Å². The van der Waals surface area contributed by atoms with Gasteiger partial charge in [-0.25, -0.2) is 0 Å². The molecule has 100 valence electrons. The summed E-state index contributed by atoms with van der Waals surface area (Å²) in [6.45, 7) is 2.20. The lowest BCUT2D eigenvalue weighted by atomic mass is 9.96. The number of anilines is 1. The second-order valence-corrected chi connectivity index (χ2v) is 5.88. The Balaban J connectivity index is 2.07. The minimum absolute atomic E-state index is 0.412. The van der Waals surface area contributed by atoms with Crippen LogP contribution in [0.1, 0.15) is 12.5 Å². The molecular weight excluding hydrogens is 326 g/mol. The average Bonchev–Trinajstić information content (AvgIpc) is 2.41. The van der Waals surface area contributed by atoms with Crippen LogP contribution in [-0.2, 0) is 5.60 Å². The van der Waals surface area contributed by atoms with Gasteiger partial charge in [0.1, 0.15) is 5.60 Å². The van der Waals surface area contributed by atoms with E-state index in [1.165, 1.54) is 0 Å². The van der Waals surface area contributed by atoms with E-state index in [1.54, 1.807) is 6.92 Å². The van der Waals surface area contributed by atoms with Crippen LogP contribution in [0.5, 0.6) is 0 Å². The van der Waals surface area contributed by atoms with Crippen molar-refractivity contribution in [2.24, 2.45) is 0 Å². The number of halogens is 2. The average molecular weight is 341 g/mol. The van der Waals surface area contributed by atoms with Gasteiger partial charge in [0, 0.05) is 16.7 Å². The highest BCUT2D eigenvalue weighted by atomic mass is 79.9. The largest absolute Gasteiger partial charge is 0.384 e. The molecule has 0 fully saturated rings. The molecule has 0 spiro atoms. The lowest BCUT2D eigenvalue weighted by molar-refractivity contribution is 0.0715. The van der Waals surface area contributed by atoms with Gasteiger partial charge in [-0.1, -0.05) is 41.9 Å². The van der Waals surface area contributed by atoms with Gasteiger partial charge in [-0.05, 0) is 46.6 Å². The molecule has 0 aromatic heterocycles. The van der Waals surface area contributed by atoms with Gasteiger partial charge in [0.15, 0.2) is 0 Å². The lowest BCUT2D eigenvalue weighted by Crippen LogP contribution is -2.30. The SMILES string of the molecule is CC(O)(CNc1ccc(Br)c(Cl)c1)c1ccccc1. The summed E-state index contributed by atoms with van der Waals surface area (Å²) in [7, 11) is 0. The molecule has 2 rings (SSSR count). The first-order chi connectivity index (χ1) is 8.99. The van der Waals surface area contributed by atoms with E-state index >= 15 is 0 Å². The summed E-state index contributed by atoms with van der Waals surface area (Å²) in [5, 5.41) is 14.3. The highest BCUT2D eigenvalue weighted by Crippen LogP contribution is 2.27. The molecule has 1 atom stereocenters. The van der Waals surface area contributed by atoms with Gasteiger partial charge >= 0.3 is 0 Å². The number of rotatable bonds is 4. The monoisotopic (exact) mass is 339 g/mol. The smallest absolute Gasteiger partial charge is 0.104 e. The number of hydrogen-bond donors (Lipinski definition) is 2. The minimum Gasteiger partial charge on any atom is -0.384 e. The van der Waals surface area contributed by atoms with Crippen molar-refractivity contribution in [1.82, 2.24) is 0 Å². The predicted molar refractivity (Wildman–Crippen MR) is 83.7 cm³/mol. The highest BCUT2D eigenvalue weighted by molar-refractivity contribution is 9.10. The molecule has 2 aromatic carbocycles. The summed E-state index contributed by atoms with van der Waals surface area (Å²) >= 11 is 9.38. The third-order valence-corrected chi connectivity index (χ3v) is 4.18. The van der Waals surface area contributed by atoms with Crippen LogP contribution in [0.15, 0.2) is 53.0 Å². The van der Waals surface area contributed by atoms with E-state index in [4.69, 9.17) is 11.6 Å². The fourth-order valence-corrected chi connectivity index (χ4v) is 2.21. The maximum absolute atomic E-state index is 10.5. The summed E-state index contributed by atoms with van der Waals surface area (Å²) in [4.78, 5) is 0. The van der Waals surface area contributed by atoms with Crippen LogP contribution < -0.4 is 5.32 Å². The van der Waals surface area contributed by atoms with Crippen LogP contribution in [-0.4, -0.2) is 11.7 Å².